The lowest BCUT2D eigenvalue weighted by molar-refractivity contribution is 0.102. The number of carbonyl (C=O) groups excluding carboxylic acids is 1. The van der Waals surface area contributed by atoms with Crippen LogP contribution in [-0.4, -0.2) is 28.4 Å². The summed E-state index contributed by atoms with van der Waals surface area (Å²) >= 11 is 0. The third kappa shape index (κ3) is 2.65. The van der Waals surface area contributed by atoms with Crippen molar-refractivity contribution in [2.45, 2.75) is 12.8 Å². The van der Waals surface area contributed by atoms with Crippen LogP contribution in [0.1, 0.15) is 23.3 Å². The number of amides is 1. The van der Waals surface area contributed by atoms with Gasteiger partial charge in [-0.15, -0.1) is 0 Å². The second kappa shape index (κ2) is 5.76. The molecule has 0 radical (unpaired) electrons. The molecule has 1 aliphatic heterocycles. The van der Waals surface area contributed by atoms with Gasteiger partial charge in [0.05, 0.1) is 0 Å². The van der Waals surface area contributed by atoms with Gasteiger partial charge in [0.15, 0.2) is 0 Å². The van der Waals surface area contributed by atoms with E-state index in [0.717, 1.165) is 24.4 Å². The smallest absolute Gasteiger partial charge is 0.272 e. The first-order valence-electron chi connectivity index (χ1n) is 7.90. The topological polar surface area (TPSA) is 49.6 Å². The molecule has 2 aromatic heterocycles. The maximum Gasteiger partial charge on any atom is 0.272 e. The van der Waals surface area contributed by atoms with Crippen LogP contribution < -0.4 is 10.2 Å². The molecule has 3 heterocycles. The Morgan fingerprint density at radius 3 is 2.61 bits per heavy atom. The average molecular weight is 306 g/mol. The maximum atomic E-state index is 12.5. The lowest BCUT2D eigenvalue weighted by Gasteiger charge is -2.17. The summed E-state index contributed by atoms with van der Waals surface area (Å²) < 4.78 is 1.79. The van der Waals surface area contributed by atoms with Gasteiger partial charge in [-0.3, -0.25) is 9.20 Å². The molecule has 0 aliphatic carbocycles. The van der Waals surface area contributed by atoms with Crippen LogP contribution in [-0.2, 0) is 0 Å². The van der Waals surface area contributed by atoms with E-state index in [-0.39, 0.29) is 5.91 Å². The van der Waals surface area contributed by atoms with E-state index in [1.54, 1.807) is 22.9 Å². The van der Waals surface area contributed by atoms with Crippen molar-refractivity contribution in [1.29, 1.82) is 0 Å². The third-order valence-electron chi connectivity index (χ3n) is 4.26. The van der Waals surface area contributed by atoms with Crippen molar-refractivity contribution in [3.63, 3.8) is 0 Å². The normalized spacial score (nSPS) is 14.3. The Morgan fingerprint density at radius 1 is 1.04 bits per heavy atom. The van der Waals surface area contributed by atoms with Crippen molar-refractivity contribution in [3.8, 4) is 0 Å². The summed E-state index contributed by atoms with van der Waals surface area (Å²) in [6.07, 6.45) is 6.00. The van der Waals surface area contributed by atoms with Crippen LogP contribution in [0.15, 0.2) is 54.9 Å². The van der Waals surface area contributed by atoms with E-state index in [4.69, 9.17) is 0 Å². The van der Waals surface area contributed by atoms with Gasteiger partial charge in [-0.2, -0.15) is 0 Å². The molecule has 3 aromatic rings. The lowest BCUT2D eigenvalue weighted by Crippen LogP contribution is -2.18. The Morgan fingerprint density at radius 2 is 1.83 bits per heavy atom. The van der Waals surface area contributed by atoms with E-state index >= 15 is 0 Å². The molecular formula is C18H18N4O. The van der Waals surface area contributed by atoms with Crippen LogP contribution in [0.2, 0.25) is 0 Å². The number of hydrogen-bond donors (Lipinski definition) is 1. The monoisotopic (exact) mass is 306 g/mol. The largest absolute Gasteiger partial charge is 0.372 e. The second-order valence-corrected chi connectivity index (χ2v) is 5.76. The van der Waals surface area contributed by atoms with Gasteiger partial charge < -0.3 is 10.2 Å². The molecule has 116 valence electrons. The minimum Gasteiger partial charge on any atom is -0.372 e. The van der Waals surface area contributed by atoms with Crippen LogP contribution in [0.4, 0.5) is 11.4 Å². The summed E-state index contributed by atoms with van der Waals surface area (Å²) in [4.78, 5) is 19.1. The molecule has 1 saturated heterocycles. The molecule has 4 rings (SSSR count). The minimum atomic E-state index is -0.137. The summed E-state index contributed by atoms with van der Waals surface area (Å²) in [6, 6.07) is 13.6. The first-order valence-corrected chi connectivity index (χ1v) is 7.90. The molecule has 1 fully saturated rings. The fourth-order valence-electron chi connectivity index (χ4n) is 3.06. The zero-order valence-electron chi connectivity index (χ0n) is 12.8. The van der Waals surface area contributed by atoms with Crippen LogP contribution in [0.5, 0.6) is 0 Å². The first kappa shape index (κ1) is 13.8. The lowest BCUT2D eigenvalue weighted by atomic mass is 10.2. The summed E-state index contributed by atoms with van der Waals surface area (Å²) in [6.45, 7) is 2.24. The molecule has 0 saturated carbocycles. The SMILES string of the molecule is O=C(Nc1ccc(N2CCCC2)cc1)c1cccc2nccn12. The summed E-state index contributed by atoms with van der Waals surface area (Å²) in [5.41, 5.74) is 3.36. The van der Waals surface area contributed by atoms with Gasteiger partial charge in [0, 0.05) is 36.9 Å². The van der Waals surface area contributed by atoms with Gasteiger partial charge in [0.1, 0.15) is 11.3 Å². The zero-order chi connectivity index (χ0) is 15.6. The van der Waals surface area contributed by atoms with E-state index in [1.807, 2.05) is 24.3 Å². The van der Waals surface area contributed by atoms with Gasteiger partial charge in [-0.1, -0.05) is 6.07 Å². The standard InChI is InChI=1S/C18H18N4O/c23-18(16-4-3-5-17-19-10-13-22(16)17)20-14-6-8-15(9-7-14)21-11-1-2-12-21/h3-10,13H,1-2,11-12H2,(H,20,23). The van der Waals surface area contributed by atoms with Crippen LogP contribution in [0.25, 0.3) is 5.65 Å². The quantitative estimate of drug-likeness (QED) is 0.808. The van der Waals surface area contributed by atoms with Crippen LogP contribution in [0.3, 0.4) is 0 Å². The molecule has 1 aliphatic rings. The highest BCUT2D eigenvalue weighted by Gasteiger charge is 2.13. The highest BCUT2D eigenvalue weighted by atomic mass is 16.1. The van der Waals surface area contributed by atoms with Crippen LogP contribution >= 0.6 is 0 Å². The number of anilines is 2. The maximum absolute atomic E-state index is 12.5. The van der Waals surface area contributed by atoms with Crippen molar-refractivity contribution in [2.75, 3.05) is 23.3 Å². The van der Waals surface area contributed by atoms with Crippen molar-refractivity contribution in [2.24, 2.45) is 0 Å². The number of fused-ring (bicyclic) bond motifs is 1. The Labute approximate surface area is 134 Å². The van der Waals surface area contributed by atoms with Gasteiger partial charge in [-0.25, -0.2) is 4.98 Å². The van der Waals surface area contributed by atoms with Gasteiger partial charge in [-0.05, 0) is 49.2 Å². The molecule has 0 spiro atoms. The van der Waals surface area contributed by atoms with E-state index in [2.05, 4.69) is 27.3 Å². The van der Waals surface area contributed by atoms with E-state index in [9.17, 15) is 4.79 Å². The van der Waals surface area contributed by atoms with E-state index in [1.165, 1.54) is 18.5 Å². The first-order chi connectivity index (χ1) is 11.3. The number of pyridine rings is 1. The molecule has 1 amide bonds. The number of imidazole rings is 1. The van der Waals surface area contributed by atoms with Gasteiger partial charge in [0.2, 0.25) is 0 Å². The summed E-state index contributed by atoms with van der Waals surface area (Å²) in [5.74, 6) is -0.137. The van der Waals surface area contributed by atoms with Crippen LogP contribution in [0, 0.1) is 0 Å². The average Bonchev–Trinajstić information content (AvgIpc) is 3.26. The molecule has 23 heavy (non-hydrogen) atoms. The number of aromatic nitrogens is 2. The minimum absolute atomic E-state index is 0.137. The molecule has 0 atom stereocenters. The Bertz CT molecular complexity index is 832. The predicted molar refractivity (Wildman–Crippen MR) is 91.0 cm³/mol. The Balaban J connectivity index is 1.53. The fraction of sp³-hybridized carbons (Fsp3) is 0.222. The van der Waals surface area contributed by atoms with Crippen molar-refractivity contribution in [3.05, 3.63) is 60.6 Å². The summed E-state index contributed by atoms with van der Waals surface area (Å²) in [5, 5.41) is 2.95. The van der Waals surface area contributed by atoms with E-state index < -0.39 is 0 Å². The Kier molecular flexibility index (Phi) is 3.46. The molecule has 1 N–H and O–H groups in total. The number of rotatable bonds is 3. The number of hydrogen-bond acceptors (Lipinski definition) is 3. The number of carbonyl (C=O) groups is 1. The molecular weight excluding hydrogens is 288 g/mol. The molecule has 0 bridgehead atoms. The van der Waals surface area contributed by atoms with Crippen molar-refractivity contribution in [1.82, 2.24) is 9.38 Å². The molecule has 5 heteroatoms. The summed E-state index contributed by atoms with van der Waals surface area (Å²) in [7, 11) is 0. The number of benzene rings is 1. The molecule has 1 aromatic carbocycles. The Hall–Kier alpha value is -2.82. The van der Waals surface area contributed by atoms with E-state index in [0.29, 0.717) is 5.69 Å². The molecule has 5 nitrogen and oxygen atoms in total. The zero-order valence-corrected chi connectivity index (χ0v) is 12.8. The van der Waals surface area contributed by atoms with Gasteiger partial charge >= 0.3 is 0 Å². The number of nitrogens with one attached hydrogen (secondary N) is 1. The fourth-order valence-corrected chi connectivity index (χ4v) is 3.06. The second-order valence-electron chi connectivity index (χ2n) is 5.76. The van der Waals surface area contributed by atoms with Gasteiger partial charge in [0.25, 0.3) is 5.91 Å². The van der Waals surface area contributed by atoms with Crippen molar-refractivity contribution >= 4 is 22.9 Å². The third-order valence-corrected chi connectivity index (χ3v) is 4.26. The number of nitrogens with zero attached hydrogens (tertiary/aromatic N) is 3. The predicted octanol–water partition coefficient (Wildman–Crippen LogP) is 3.19. The van der Waals surface area contributed by atoms with Crippen molar-refractivity contribution < 1.29 is 4.79 Å². The highest BCUT2D eigenvalue weighted by Crippen LogP contribution is 2.22. The highest BCUT2D eigenvalue weighted by molar-refractivity contribution is 6.03. The molecule has 0 unspecified atom stereocenters.